The van der Waals surface area contributed by atoms with Gasteiger partial charge in [-0.25, -0.2) is 9.97 Å². The molecule has 0 aromatic carbocycles. The van der Waals surface area contributed by atoms with E-state index in [9.17, 15) is 0 Å². The maximum Gasteiger partial charge on any atom is 0.187 e. The molecule has 2 aliphatic rings. The lowest BCUT2D eigenvalue weighted by molar-refractivity contribution is 0.266. The molecule has 1 unspecified atom stereocenters. The van der Waals surface area contributed by atoms with Crippen molar-refractivity contribution in [2.75, 3.05) is 19.3 Å². The Morgan fingerprint density at radius 3 is 3.00 bits per heavy atom. The van der Waals surface area contributed by atoms with Crippen molar-refractivity contribution < 1.29 is 0 Å². The summed E-state index contributed by atoms with van der Waals surface area (Å²) < 4.78 is 0. The zero-order valence-corrected chi connectivity index (χ0v) is 14.5. The predicted molar refractivity (Wildman–Crippen MR) is 93.0 cm³/mol. The molecule has 1 aromatic rings. The lowest BCUT2D eigenvalue weighted by Gasteiger charge is -2.30. The van der Waals surface area contributed by atoms with Gasteiger partial charge in [0.05, 0.1) is 5.69 Å². The summed E-state index contributed by atoms with van der Waals surface area (Å²) in [6.45, 7) is 9.47. The van der Waals surface area contributed by atoms with Crippen molar-refractivity contribution in [3.05, 3.63) is 41.3 Å². The zero-order valence-electron chi connectivity index (χ0n) is 13.6. The molecular weight excluding hydrogens is 290 g/mol. The molecule has 0 saturated carbocycles. The Bertz CT molecular complexity index is 594. The Kier molecular flexibility index (Phi) is 4.99. The van der Waals surface area contributed by atoms with Crippen molar-refractivity contribution >= 4 is 11.8 Å². The summed E-state index contributed by atoms with van der Waals surface area (Å²) in [6.07, 6.45) is 11.2. The third-order valence-electron chi connectivity index (χ3n) is 4.80. The van der Waals surface area contributed by atoms with Gasteiger partial charge in [-0.2, -0.15) is 0 Å². The van der Waals surface area contributed by atoms with Gasteiger partial charge in [0, 0.05) is 37.8 Å². The molecule has 0 saturated heterocycles. The first-order valence-electron chi connectivity index (χ1n) is 8.10. The van der Waals surface area contributed by atoms with E-state index in [1.807, 2.05) is 12.5 Å². The summed E-state index contributed by atoms with van der Waals surface area (Å²) in [5.74, 6) is 0.698. The maximum absolute atomic E-state index is 4.64. The number of fused-ring (bicyclic) bond motifs is 1. The van der Waals surface area contributed by atoms with Crippen molar-refractivity contribution in [2.45, 2.75) is 44.3 Å². The molecule has 4 heteroatoms. The number of rotatable bonds is 4. The highest BCUT2D eigenvalue weighted by atomic mass is 32.2. The number of aromatic nitrogens is 2. The fourth-order valence-corrected chi connectivity index (χ4v) is 3.72. The van der Waals surface area contributed by atoms with Crippen LogP contribution in [-0.2, 0) is 13.0 Å². The smallest absolute Gasteiger partial charge is 0.187 e. The molecule has 22 heavy (non-hydrogen) atoms. The second-order valence-corrected chi connectivity index (χ2v) is 7.24. The van der Waals surface area contributed by atoms with Crippen molar-refractivity contribution in [2.24, 2.45) is 5.92 Å². The molecule has 1 aliphatic heterocycles. The summed E-state index contributed by atoms with van der Waals surface area (Å²) in [5.41, 5.74) is 5.49. The third-order valence-corrected chi connectivity index (χ3v) is 5.36. The van der Waals surface area contributed by atoms with Crippen molar-refractivity contribution in [1.29, 1.82) is 0 Å². The molecule has 0 fully saturated rings. The molecule has 2 heterocycles. The fourth-order valence-electron chi connectivity index (χ4n) is 3.36. The standard InChI is InChI=1S/C18H25N3S/c1-13(2)15-6-4-14(5-7-15)11-21-9-8-17-16(12-21)10-19-18(20-17)22-3/h4,10,15H,1,5-9,11-12H2,2-3H3. The minimum atomic E-state index is 0.698. The van der Waals surface area contributed by atoms with E-state index in [-0.39, 0.29) is 0 Å². The molecule has 0 N–H and O–H groups in total. The molecule has 1 aliphatic carbocycles. The number of hydrogen-bond acceptors (Lipinski definition) is 4. The van der Waals surface area contributed by atoms with Crippen LogP contribution in [0.2, 0.25) is 0 Å². The van der Waals surface area contributed by atoms with Crippen molar-refractivity contribution in [3.8, 4) is 0 Å². The highest BCUT2D eigenvalue weighted by Crippen LogP contribution is 2.29. The van der Waals surface area contributed by atoms with Crippen LogP contribution in [-0.4, -0.2) is 34.2 Å². The normalized spacial score (nSPS) is 22.1. The molecular formula is C18H25N3S. The second-order valence-electron chi connectivity index (χ2n) is 6.47. The van der Waals surface area contributed by atoms with Gasteiger partial charge < -0.3 is 0 Å². The van der Waals surface area contributed by atoms with Gasteiger partial charge >= 0.3 is 0 Å². The van der Waals surface area contributed by atoms with E-state index in [1.165, 1.54) is 36.1 Å². The van der Waals surface area contributed by atoms with Crippen LogP contribution < -0.4 is 0 Å². The molecule has 1 atom stereocenters. The lowest BCUT2D eigenvalue weighted by atomic mass is 9.85. The highest BCUT2D eigenvalue weighted by Gasteiger charge is 2.21. The number of nitrogens with zero attached hydrogens (tertiary/aromatic N) is 3. The Balaban J connectivity index is 1.60. The highest BCUT2D eigenvalue weighted by molar-refractivity contribution is 7.98. The van der Waals surface area contributed by atoms with E-state index >= 15 is 0 Å². The molecule has 3 nitrogen and oxygen atoms in total. The number of allylic oxidation sites excluding steroid dienone is 2. The zero-order chi connectivity index (χ0) is 15.5. The Morgan fingerprint density at radius 2 is 2.32 bits per heavy atom. The Hall–Kier alpha value is -1.13. The average Bonchev–Trinajstić information content (AvgIpc) is 2.55. The summed E-state index contributed by atoms with van der Waals surface area (Å²) in [7, 11) is 0. The van der Waals surface area contributed by atoms with Crippen LogP contribution in [0, 0.1) is 5.92 Å². The Morgan fingerprint density at radius 1 is 1.45 bits per heavy atom. The van der Waals surface area contributed by atoms with Gasteiger partial charge in [0.25, 0.3) is 0 Å². The molecule has 0 radical (unpaired) electrons. The molecule has 3 rings (SSSR count). The average molecular weight is 315 g/mol. The molecule has 118 valence electrons. The van der Waals surface area contributed by atoms with Gasteiger partial charge in [-0.05, 0) is 38.4 Å². The molecule has 0 spiro atoms. The first kappa shape index (κ1) is 15.8. The van der Waals surface area contributed by atoms with Crippen molar-refractivity contribution in [3.63, 3.8) is 0 Å². The topological polar surface area (TPSA) is 29.0 Å². The van der Waals surface area contributed by atoms with Gasteiger partial charge in [-0.3, -0.25) is 4.90 Å². The number of hydrogen-bond donors (Lipinski definition) is 0. The van der Waals surface area contributed by atoms with E-state index in [0.29, 0.717) is 5.92 Å². The fraction of sp³-hybridized carbons (Fsp3) is 0.556. The van der Waals surface area contributed by atoms with Crippen LogP contribution >= 0.6 is 11.8 Å². The quantitative estimate of drug-likeness (QED) is 0.479. The van der Waals surface area contributed by atoms with Gasteiger partial charge in [-0.15, -0.1) is 0 Å². The van der Waals surface area contributed by atoms with Crippen LogP contribution in [0.5, 0.6) is 0 Å². The van der Waals surface area contributed by atoms with Gasteiger partial charge in [0.1, 0.15) is 0 Å². The minimum Gasteiger partial charge on any atom is -0.295 e. The van der Waals surface area contributed by atoms with Crippen LogP contribution in [0.1, 0.15) is 37.4 Å². The van der Waals surface area contributed by atoms with Gasteiger partial charge in [-0.1, -0.05) is 35.6 Å². The van der Waals surface area contributed by atoms with E-state index in [1.54, 1.807) is 17.3 Å². The first-order chi connectivity index (χ1) is 10.7. The molecule has 0 bridgehead atoms. The summed E-state index contributed by atoms with van der Waals surface area (Å²) >= 11 is 1.62. The summed E-state index contributed by atoms with van der Waals surface area (Å²) in [5, 5.41) is 0.896. The molecule has 0 amide bonds. The van der Waals surface area contributed by atoms with Gasteiger partial charge in [0.15, 0.2) is 5.16 Å². The second kappa shape index (κ2) is 6.97. The molecule has 1 aromatic heterocycles. The predicted octanol–water partition coefficient (Wildman–Crippen LogP) is 3.86. The van der Waals surface area contributed by atoms with E-state index in [0.717, 1.165) is 31.2 Å². The summed E-state index contributed by atoms with van der Waals surface area (Å²) in [6, 6.07) is 0. The monoisotopic (exact) mass is 315 g/mol. The first-order valence-corrected chi connectivity index (χ1v) is 9.32. The van der Waals surface area contributed by atoms with Crippen LogP contribution in [0.25, 0.3) is 0 Å². The van der Waals surface area contributed by atoms with Crippen LogP contribution in [0.4, 0.5) is 0 Å². The minimum absolute atomic E-state index is 0.698. The maximum atomic E-state index is 4.64. The van der Waals surface area contributed by atoms with E-state index in [4.69, 9.17) is 0 Å². The van der Waals surface area contributed by atoms with Crippen molar-refractivity contribution in [1.82, 2.24) is 14.9 Å². The van der Waals surface area contributed by atoms with Gasteiger partial charge in [0.2, 0.25) is 0 Å². The van der Waals surface area contributed by atoms with E-state index < -0.39 is 0 Å². The third kappa shape index (κ3) is 3.61. The Labute approximate surface area is 137 Å². The van der Waals surface area contributed by atoms with Crippen LogP contribution in [0.3, 0.4) is 0 Å². The number of thioether (sulfide) groups is 1. The SMILES string of the molecule is C=C(C)C1CC=C(CN2CCc3nc(SC)ncc3C2)CC1. The van der Waals surface area contributed by atoms with Crippen LogP contribution in [0.15, 0.2) is 35.2 Å². The van der Waals surface area contributed by atoms with E-state index in [2.05, 4.69) is 34.4 Å². The largest absolute Gasteiger partial charge is 0.295 e. The summed E-state index contributed by atoms with van der Waals surface area (Å²) in [4.78, 5) is 11.6. The lowest BCUT2D eigenvalue weighted by Crippen LogP contribution is -2.33.